The summed E-state index contributed by atoms with van der Waals surface area (Å²) in [5, 5.41) is 3.62. The number of methoxy groups -OCH3 is 1. The Morgan fingerprint density at radius 1 is 1.38 bits per heavy atom. The first kappa shape index (κ1) is 12.2. The third-order valence-corrected chi connectivity index (χ3v) is 1.97. The largest absolute Gasteiger partial charge is 0.497 e. The van der Waals surface area contributed by atoms with Crippen molar-refractivity contribution in [3.63, 3.8) is 0 Å². The number of carbonyl (C=O) groups is 1. The third-order valence-electron chi connectivity index (χ3n) is 1.97. The smallest absolute Gasteiger partial charge is 0.168 e. The van der Waals surface area contributed by atoms with Crippen molar-refractivity contribution < 1.29 is 14.4 Å². The molecule has 0 bridgehead atoms. The van der Waals surface area contributed by atoms with E-state index in [4.69, 9.17) is 9.57 Å². The maximum atomic E-state index is 11.6. The van der Waals surface area contributed by atoms with E-state index in [2.05, 4.69) is 5.16 Å². The second-order valence-electron chi connectivity index (χ2n) is 3.06. The molecule has 4 nitrogen and oxygen atoms in total. The van der Waals surface area contributed by atoms with Crippen molar-refractivity contribution in [2.24, 2.45) is 5.16 Å². The van der Waals surface area contributed by atoms with Gasteiger partial charge in [-0.1, -0.05) is 5.16 Å². The SMILES string of the molecule is CCO/N=C\CC(=O)c1ccc(OC)cc1. The van der Waals surface area contributed by atoms with Crippen molar-refractivity contribution in [2.45, 2.75) is 13.3 Å². The molecule has 86 valence electrons. The summed E-state index contributed by atoms with van der Waals surface area (Å²) in [6, 6.07) is 6.98. The van der Waals surface area contributed by atoms with Crippen molar-refractivity contribution in [3.05, 3.63) is 29.8 Å². The summed E-state index contributed by atoms with van der Waals surface area (Å²) in [4.78, 5) is 16.4. The molecule has 0 heterocycles. The molecule has 0 saturated carbocycles. The first-order chi connectivity index (χ1) is 7.77. The molecular formula is C12H15NO3. The van der Waals surface area contributed by atoms with E-state index < -0.39 is 0 Å². The van der Waals surface area contributed by atoms with Crippen molar-refractivity contribution in [3.8, 4) is 5.75 Å². The lowest BCUT2D eigenvalue weighted by molar-refractivity contribution is 0.0998. The zero-order valence-electron chi connectivity index (χ0n) is 9.47. The van der Waals surface area contributed by atoms with E-state index >= 15 is 0 Å². The Morgan fingerprint density at radius 2 is 2.06 bits per heavy atom. The Labute approximate surface area is 94.9 Å². The van der Waals surface area contributed by atoms with Crippen LogP contribution in [0.2, 0.25) is 0 Å². The van der Waals surface area contributed by atoms with Crippen LogP contribution >= 0.6 is 0 Å². The Hall–Kier alpha value is -1.84. The number of oxime groups is 1. The first-order valence-electron chi connectivity index (χ1n) is 5.09. The number of hydrogen-bond donors (Lipinski definition) is 0. The summed E-state index contributed by atoms with van der Waals surface area (Å²) in [6.07, 6.45) is 1.71. The van der Waals surface area contributed by atoms with Crippen molar-refractivity contribution in [1.82, 2.24) is 0 Å². The number of ketones is 1. The van der Waals surface area contributed by atoms with Crippen LogP contribution in [0.15, 0.2) is 29.4 Å². The van der Waals surface area contributed by atoms with Gasteiger partial charge in [0.2, 0.25) is 0 Å². The molecule has 0 amide bonds. The summed E-state index contributed by atoms with van der Waals surface area (Å²) in [5.74, 6) is 0.741. The molecule has 0 aliphatic rings. The minimum atomic E-state index is 0.00565. The maximum Gasteiger partial charge on any atom is 0.168 e. The van der Waals surface area contributed by atoms with Crippen LogP contribution in [0.5, 0.6) is 5.75 Å². The van der Waals surface area contributed by atoms with Gasteiger partial charge in [-0.05, 0) is 31.2 Å². The Kier molecular flexibility index (Phi) is 5.05. The molecule has 0 saturated heterocycles. The van der Waals surface area contributed by atoms with Crippen LogP contribution < -0.4 is 4.74 Å². The molecule has 0 N–H and O–H groups in total. The minimum absolute atomic E-state index is 0.00565. The van der Waals surface area contributed by atoms with Crippen LogP contribution in [0, 0.1) is 0 Å². The highest BCUT2D eigenvalue weighted by Gasteiger charge is 2.03. The molecule has 0 radical (unpaired) electrons. The van der Waals surface area contributed by atoms with Gasteiger partial charge in [0.15, 0.2) is 5.78 Å². The predicted molar refractivity (Wildman–Crippen MR) is 62.1 cm³/mol. The summed E-state index contributed by atoms with van der Waals surface area (Å²) in [6.45, 7) is 2.34. The van der Waals surface area contributed by atoms with Gasteiger partial charge in [-0.2, -0.15) is 0 Å². The van der Waals surface area contributed by atoms with Gasteiger partial charge in [-0.25, -0.2) is 0 Å². The average Bonchev–Trinajstić information content (AvgIpc) is 2.34. The van der Waals surface area contributed by atoms with E-state index in [-0.39, 0.29) is 12.2 Å². The molecule has 0 aromatic heterocycles. The summed E-state index contributed by atoms with van der Waals surface area (Å²) < 4.78 is 5.00. The Bertz CT molecular complexity index is 357. The molecule has 0 unspecified atom stereocenters. The van der Waals surface area contributed by atoms with Crippen molar-refractivity contribution in [1.29, 1.82) is 0 Å². The number of rotatable bonds is 6. The molecule has 0 spiro atoms. The van der Waals surface area contributed by atoms with Gasteiger partial charge in [-0.15, -0.1) is 0 Å². The van der Waals surface area contributed by atoms with Crippen LogP contribution in [0.1, 0.15) is 23.7 Å². The zero-order chi connectivity index (χ0) is 11.8. The van der Waals surface area contributed by atoms with Gasteiger partial charge >= 0.3 is 0 Å². The van der Waals surface area contributed by atoms with E-state index in [9.17, 15) is 4.79 Å². The molecule has 1 aromatic rings. The normalized spacial score (nSPS) is 10.4. The number of nitrogens with zero attached hydrogens (tertiary/aromatic N) is 1. The quantitative estimate of drug-likeness (QED) is 0.420. The summed E-state index contributed by atoms with van der Waals surface area (Å²) in [7, 11) is 1.59. The van der Waals surface area contributed by atoms with Crippen molar-refractivity contribution >= 4 is 12.0 Å². The number of carbonyl (C=O) groups excluding carboxylic acids is 1. The lowest BCUT2D eigenvalue weighted by Crippen LogP contribution is -1.99. The van der Waals surface area contributed by atoms with Crippen LogP contribution in [0.4, 0.5) is 0 Å². The molecule has 1 aromatic carbocycles. The van der Waals surface area contributed by atoms with Gasteiger partial charge < -0.3 is 9.57 Å². The highest BCUT2D eigenvalue weighted by atomic mass is 16.6. The molecule has 0 aliphatic heterocycles. The van der Waals surface area contributed by atoms with Gasteiger partial charge in [0.1, 0.15) is 12.4 Å². The van der Waals surface area contributed by atoms with Crippen molar-refractivity contribution in [2.75, 3.05) is 13.7 Å². The van der Waals surface area contributed by atoms with Gasteiger partial charge in [0, 0.05) is 12.0 Å². The first-order valence-corrected chi connectivity index (χ1v) is 5.09. The zero-order valence-corrected chi connectivity index (χ0v) is 9.47. The molecule has 1 rings (SSSR count). The Morgan fingerprint density at radius 3 is 2.62 bits per heavy atom. The second kappa shape index (κ2) is 6.61. The average molecular weight is 221 g/mol. The summed E-state index contributed by atoms with van der Waals surface area (Å²) >= 11 is 0. The monoisotopic (exact) mass is 221 g/mol. The standard InChI is InChI=1S/C12H15NO3/c1-3-16-13-9-8-12(14)10-4-6-11(15-2)7-5-10/h4-7,9H,3,8H2,1-2H3/b13-9-. The van der Waals surface area contributed by atoms with Gasteiger partial charge in [0.05, 0.1) is 13.3 Å². The van der Waals surface area contributed by atoms with Crippen LogP contribution in [0.25, 0.3) is 0 Å². The molecule has 4 heteroatoms. The topological polar surface area (TPSA) is 47.9 Å². The van der Waals surface area contributed by atoms with E-state index in [1.54, 1.807) is 31.4 Å². The Balaban J connectivity index is 2.52. The van der Waals surface area contributed by atoms with Crippen LogP contribution in [-0.2, 0) is 4.84 Å². The number of benzene rings is 1. The highest BCUT2D eigenvalue weighted by molar-refractivity contribution is 6.03. The number of ether oxygens (including phenoxy) is 1. The second-order valence-corrected chi connectivity index (χ2v) is 3.06. The molecule has 0 aliphatic carbocycles. The van der Waals surface area contributed by atoms with E-state index in [1.807, 2.05) is 6.92 Å². The lowest BCUT2D eigenvalue weighted by Gasteiger charge is -2.00. The third kappa shape index (κ3) is 3.73. The molecule has 0 fully saturated rings. The lowest BCUT2D eigenvalue weighted by atomic mass is 10.1. The van der Waals surface area contributed by atoms with Gasteiger partial charge in [-0.3, -0.25) is 4.79 Å². The minimum Gasteiger partial charge on any atom is -0.497 e. The highest BCUT2D eigenvalue weighted by Crippen LogP contribution is 2.12. The predicted octanol–water partition coefficient (Wildman–Crippen LogP) is 2.29. The molecule has 16 heavy (non-hydrogen) atoms. The fourth-order valence-electron chi connectivity index (χ4n) is 1.14. The van der Waals surface area contributed by atoms with E-state index in [0.717, 1.165) is 5.75 Å². The fraction of sp³-hybridized carbons (Fsp3) is 0.333. The van der Waals surface area contributed by atoms with Crippen LogP contribution in [-0.4, -0.2) is 25.7 Å². The van der Waals surface area contributed by atoms with E-state index in [1.165, 1.54) is 6.21 Å². The molecular weight excluding hydrogens is 206 g/mol. The van der Waals surface area contributed by atoms with E-state index in [0.29, 0.717) is 12.2 Å². The number of hydrogen-bond acceptors (Lipinski definition) is 4. The molecule has 0 atom stereocenters. The maximum absolute atomic E-state index is 11.6. The fourth-order valence-corrected chi connectivity index (χ4v) is 1.14. The van der Waals surface area contributed by atoms with Crippen LogP contribution in [0.3, 0.4) is 0 Å². The number of Topliss-reactive ketones (excluding diaryl/α,β-unsaturated/α-hetero) is 1. The van der Waals surface area contributed by atoms with Gasteiger partial charge in [0.25, 0.3) is 0 Å². The summed E-state index contributed by atoms with van der Waals surface area (Å²) in [5.41, 5.74) is 0.642.